The fourth-order valence-corrected chi connectivity index (χ4v) is 4.31. The van der Waals surface area contributed by atoms with Crippen molar-refractivity contribution in [1.82, 2.24) is 4.31 Å². The number of piperidine rings is 1. The lowest BCUT2D eigenvalue weighted by atomic mass is 9.97. The molecule has 1 heterocycles. The summed E-state index contributed by atoms with van der Waals surface area (Å²) in [7, 11) is -3.43. The van der Waals surface area contributed by atoms with Gasteiger partial charge in [0, 0.05) is 18.3 Å². The summed E-state index contributed by atoms with van der Waals surface area (Å²) in [4.78, 5) is 0.302. The van der Waals surface area contributed by atoms with E-state index in [0.717, 1.165) is 18.4 Å². The first-order valence-electron chi connectivity index (χ1n) is 6.70. The van der Waals surface area contributed by atoms with Gasteiger partial charge in [0.15, 0.2) is 0 Å². The fourth-order valence-electron chi connectivity index (χ4n) is 2.50. The maximum Gasteiger partial charge on any atom is 0.243 e. The summed E-state index contributed by atoms with van der Waals surface area (Å²) in [5, 5.41) is 0. The average molecular weight is 282 g/mol. The summed E-state index contributed by atoms with van der Waals surface area (Å²) in [5.41, 5.74) is 7.25. The summed E-state index contributed by atoms with van der Waals surface area (Å²) in [6.45, 7) is 6.54. The van der Waals surface area contributed by atoms with Crippen molar-refractivity contribution in [3.63, 3.8) is 0 Å². The van der Waals surface area contributed by atoms with Crippen molar-refractivity contribution in [3.8, 4) is 0 Å². The van der Waals surface area contributed by atoms with Crippen molar-refractivity contribution in [2.24, 2.45) is 5.92 Å². The molecule has 0 saturated carbocycles. The third kappa shape index (κ3) is 2.77. The number of anilines is 1. The number of hydrogen-bond acceptors (Lipinski definition) is 3. The SMILES string of the molecule is Cc1ccc(S(=O)(=O)N2CC(C)CCC2C)cc1N. The van der Waals surface area contributed by atoms with Crippen molar-refractivity contribution in [2.75, 3.05) is 12.3 Å². The first-order valence-corrected chi connectivity index (χ1v) is 8.14. The summed E-state index contributed by atoms with van der Waals surface area (Å²) in [5.74, 6) is 0.411. The van der Waals surface area contributed by atoms with Crippen molar-refractivity contribution < 1.29 is 8.42 Å². The van der Waals surface area contributed by atoms with E-state index in [0.29, 0.717) is 23.0 Å². The summed E-state index contributed by atoms with van der Waals surface area (Å²) < 4.78 is 27.0. The lowest BCUT2D eigenvalue weighted by Crippen LogP contribution is -2.44. The van der Waals surface area contributed by atoms with Crippen LogP contribution in [0.15, 0.2) is 23.1 Å². The van der Waals surface area contributed by atoms with Gasteiger partial charge in [0.1, 0.15) is 0 Å². The van der Waals surface area contributed by atoms with Gasteiger partial charge in [-0.2, -0.15) is 4.31 Å². The molecule has 0 amide bonds. The second-order valence-electron chi connectivity index (χ2n) is 5.62. The molecule has 0 radical (unpaired) electrons. The van der Waals surface area contributed by atoms with Crippen molar-refractivity contribution in [3.05, 3.63) is 23.8 Å². The molecule has 2 N–H and O–H groups in total. The molecule has 1 aliphatic heterocycles. The lowest BCUT2D eigenvalue weighted by molar-refractivity contribution is 0.218. The van der Waals surface area contributed by atoms with E-state index < -0.39 is 10.0 Å². The second-order valence-corrected chi connectivity index (χ2v) is 7.52. The van der Waals surface area contributed by atoms with Crippen LogP contribution in [0.5, 0.6) is 0 Å². The van der Waals surface area contributed by atoms with Gasteiger partial charge in [0.25, 0.3) is 0 Å². The van der Waals surface area contributed by atoms with Gasteiger partial charge in [0.05, 0.1) is 4.90 Å². The molecule has 1 fully saturated rings. The molecule has 1 aliphatic rings. The molecule has 0 spiro atoms. The highest BCUT2D eigenvalue weighted by Gasteiger charge is 2.33. The minimum atomic E-state index is -3.43. The number of sulfonamides is 1. The van der Waals surface area contributed by atoms with E-state index >= 15 is 0 Å². The Kier molecular flexibility index (Phi) is 3.87. The van der Waals surface area contributed by atoms with Crippen LogP contribution >= 0.6 is 0 Å². The minimum absolute atomic E-state index is 0.0590. The highest BCUT2D eigenvalue weighted by atomic mass is 32.2. The highest BCUT2D eigenvalue weighted by molar-refractivity contribution is 7.89. The molecule has 1 saturated heterocycles. The number of nitrogen functional groups attached to an aromatic ring is 1. The van der Waals surface area contributed by atoms with E-state index in [2.05, 4.69) is 6.92 Å². The van der Waals surface area contributed by atoms with Crippen molar-refractivity contribution in [2.45, 2.75) is 44.6 Å². The number of hydrogen-bond donors (Lipinski definition) is 1. The van der Waals surface area contributed by atoms with Crippen LogP contribution in [-0.4, -0.2) is 25.3 Å². The minimum Gasteiger partial charge on any atom is -0.398 e. The molecule has 2 unspecified atom stereocenters. The zero-order chi connectivity index (χ0) is 14.2. The topological polar surface area (TPSA) is 63.4 Å². The number of nitrogens with zero attached hydrogens (tertiary/aromatic N) is 1. The standard InChI is InChI=1S/C14H22N2O2S/c1-10-4-6-12(3)16(9-10)19(17,18)13-7-5-11(2)14(15)8-13/h5,7-8,10,12H,4,6,9,15H2,1-3H3. The lowest BCUT2D eigenvalue weighted by Gasteiger charge is -2.35. The van der Waals surface area contributed by atoms with E-state index in [1.165, 1.54) is 0 Å². The van der Waals surface area contributed by atoms with Crippen LogP contribution in [0, 0.1) is 12.8 Å². The van der Waals surface area contributed by atoms with E-state index in [9.17, 15) is 8.42 Å². The molecule has 1 aromatic rings. The molecule has 5 heteroatoms. The summed E-state index contributed by atoms with van der Waals surface area (Å²) in [6.07, 6.45) is 2.00. The monoisotopic (exact) mass is 282 g/mol. The Morgan fingerprint density at radius 2 is 1.95 bits per heavy atom. The van der Waals surface area contributed by atoms with E-state index in [4.69, 9.17) is 5.73 Å². The molecule has 2 atom stereocenters. The third-order valence-corrected chi connectivity index (χ3v) is 5.89. The van der Waals surface area contributed by atoms with Gasteiger partial charge in [-0.1, -0.05) is 13.0 Å². The van der Waals surface area contributed by atoms with E-state index in [-0.39, 0.29) is 6.04 Å². The van der Waals surface area contributed by atoms with Gasteiger partial charge >= 0.3 is 0 Å². The van der Waals surface area contributed by atoms with Crippen LogP contribution in [-0.2, 0) is 10.0 Å². The van der Waals surface area contributed by atoms with Gasteiger partial charge in [-0.3, -0.25) is 0 Å². The summed E-state index contributed by atoms with van der Waals surface area (Å²) >= 11 is 0. The van der Waals surface area contributed by atoms with Crippen molar-refractivity contribution in [1.29, 1.82) is 0 Å². The maximum atomic E-state index is 12.7. The maximum absolute atomic E-state index is 12.7. The number of rotatable bonds is 2. The molecule has 2 rings (SSSR count). The number of nitrogens with two attached hydrogens (primary N) is 1. The Morgan fingerprint density at radius 1 is 1.26 bits per heavy atom. The van der Waals surface area contributed by atoms with Crippen molar-refractivity contribution >= 4 is 15.7 Å². The Morgan fingerprint density at radius 3 is 2.58 bits per heavy atom. The molecular weight excluding hydrogens is 260 g/mol. The van der Waals surface area contributed by atoms with Gasteiger partial charge in [0.2, 0.25) is 10.0 Å². The number of benzene rings is 1. The largest absolute Gasteiger partial charge is 0.398 e. The Hall–Kier alpha value is -1.07. The molecule has 0 aromatic heterocycles. The Bertz CT molecular complexity index is 569. The Labute approximate surface area is 115 Å². The predicted octanol–water partition coefficient (Wildman–Crippen LogP) is 2.39. The number of aryl methyl sites for hydroxylation is 1. The molecule has 19 heavy (non-hydrogen) atoms. The van der Waals surface area contributed by atoms with Crippen LogP contribution in [0.4, 0.5) is 5.69 Å². The van der Waals surface area contributed by atoms with E-state index in [1.807, 2.05) is 13.8 Å². The van der Waals surface area contributed by atoms with Gasteiger partial charge in [-0.25, -0.2) is 8.42 Å². The average Bonchev–Trinajstić information content (AvgIpc) is 2.35. The predicted molar refractivity (Wildman–Crippen MR) is 77.3 cm³/mol. The normalized spacial score (nSPS) is 25.4. The highest BCUT2D eigenvalue weighted by Crippen LogP contribution is 2.29. The second kappa shape index (κ2) is 5.13. The van der Waals surface area contributed by atoms with Crippen LogP contribution < -0.4 is 5.73 Å². The summed E-state index contributed by atoms with van der Waals surface area (Å²) in [6, 6.07) is 5.04. The fraction of sp³-hybridized carbons (Fsp3) is 0.571. The zero-order valence-corrected chi connectivity index (χ0v) is 12.6. The van der Waals surface area contributed by atoms with Crippen LogP contribution in [0.2, 0.25) is 0 Å². The van der Waals surface area contributed by atoms with Crippen LogP contribution in [0.1, 0.15) is 32.3 Å². The Balaban J connectivity index is 2.38. The third-order valence-electron chi connectivity index (χ3n) is 3.92. The van der Waals surface area contributed by atoms with Gasteiger partial charge < -0.3 is 5.73 Å². The van der Waals surface area contributed by atoms with Crippen LogP contribution in [0.25, 0.3) is 0 Å². The van der Waals surface area contributed by atoms with Gasteiger partial charge in [-0.05, 0) is 50.3 Å². The van der Waals surface area contributed by atoms with Gasteiger partial charge in [-0.15, -0.1) is 0 Å². The first kappa shape index (κ1) is 14.3. The van der Waals surface area contributed by atoms with E-state index in [1.54, 1.807) is 22.5 Å². The molecular formula is C14H22N2O2S. The molecule has 1 aromatic carbocycles. The quantitative estimate of drug-likeness (QED) is 0.847. The zero-order valence-electron chi connectivity index (χ0n) is 11.8. The first-order chi connectivity index (χ1) is 8.82. The molecule has 106 valence electrons. The molecule has 0 aliphatic carbocycles. The molecule has 4 nitrogen and oxygen atoms in total. The smallest absolute Gasteiger partial charge is 0.243 e. The van der Waals surface area contributed by atoms with Crippen LogP contribution in [0.3, 0.4) is 0 Å². The molecule has 0 bridgehead atoms.